The molecule has 0 unspecified atom stereocenters. The maximum absolute atomic E-state index is 13.3. The van der Waals surface area contributed by atoms with Gasteiger partial charge in [0.15, 0.2) is 5.96 Å². The summed E-state index contributed by atoms with van der Waals surface area (Å²) in [5.41, 5.74) is 0.788. The Kier molecular flexibility index (Phi) is 9.57. The van der Waals surface area contributed by atoms with Crippen molar-refractivity contribution >= 4 is 51.8 Å². The standard InChI is InChI=1S/C16H22BrFN4O.HI/c1-2-19-16(21-6-5-20-15(23)12-3-4-12)22-10-11-7-13(17)9-14(18)8-11;/h7-9,12H,2-6,10H2,1H3,(H,20,23)(H2,19,21,22);1H. The van der Waals surface area contributed by atoms with Gasteiger partial charge < -0.3 is 16.0 Å². The minimum absolute atomic E-state index is 0. The highest BCUT2D eigenvalue weighted by atomic mass is 127. The topological polar surface area (TPSA) is 65.5 Å². The predicted molar refractivity (Wildman–Crippen MR) is 108 cm³/mol. The summed E-state index contributed by atoms with van der Waals surface area (Å²) >= 11 is 3.27. The van der Waals surface area contributed by atoms with Crippen LogP contribution in [0.5, 0.6) is 0 Å². The minimum atomic E-state index is -0.287. The van der Waals surface area contributed by atoms with Crippen LogP contribution in [0.4, 0.5) is 4.39 Å². The van der Waals surface area contributed by atoms with Crippen LogP contribution in [0.1, 0.15) is 25.3 Å². The summed E-state index contributed by atoms with van der Waals surface area (Å²) in [5.74, 6) is 0.723. The quantitative estimate of drug-likeness (QED) is 0.228. The molecule has 8 heteroatoms. The van der Waals surface area contributed by atoms with Gasteiger partial charge >= 0.3 is 0 Å². The van der Waals surface area contributed by atoms with E-state index in [1.807, 2.05) is 13.0 Å². The summed E-state index contributed by atoms with van der Waals surface area (Å²) in [6.07, 6.45) is 2.01. The molecule has 0 aromatic heterocycles. The smallest absolute Gasteiger partial charge is 0.223 e. The van der Waals surface area contributed by atoms with Crippen molar-refractivity contribution in [3.8, 4) is 0 Å². The fourth-order valence-electron chi connectivity index (χ4n) is 2.07. The molecule has 5 nitrogen and oxygen atoms in total. The molecule has 0 spiro atoms. The van der Waals surface area contributed by atoms with Crippen LogP contribution in [0.3, 0.4) is 0 Å². The molecule has 134 valence electrons. The first-order chi connectivity index (χ1) is 11.1. The van der Waals surface area contributed by atoms with E-state index in [4.69, 9.17) is 0 Å². The SMILES string of the molecule is CCNC(=NCc1cc(F)cc(Br)c1)NCCNC(=O)C1CC1.I. The van der Waals surface area contributed by atoms with E-state index >= 15 is 0 Å². The largest absolute Gasteiger partial charge is 0.357 e. The van der Waals surface area contributed by atoms with Crippen molar-refractivity contribution in [2.24, 2.45) is 10.9 Å². The van der Waals surface area contributed by atoms with E-state index in [1.54, 1.807) is 0 Å². The van der Waals surface area contributed by atoms with E-state index in [9.17, 15) is 9.18 Å². The molecule has 0 bridgehead atoms. The molecule has 1 saturated carbocycles. The van der Waals surface area contributed by atoms with Crippen molar-refractivity contribution in [2.75, 3.05) is 19.6 Å². The monoisotopic (exact) mass is 512 g/mol. The Bertz CT molecular complexity index is 561. The Balaban J connectivity index is 0.00000288. The molecule has 1 aliphatic carbocycles. The Morgan fingerprint density at radius 3 is 2.58 bits per heavy atom. The average molecular weight is 513 g/mol. The first-order valence-corrected chi connectivity index (χ1v) is 8.62. The Morgan fingerprint density at radius 2 is 1.96 bits per heavy atom. The number of guanidine groups is 1. The number of amides is 1. The van der Waals surface area contributed by atoms with Gasteiger partial charge in [-0.25, -0.2) is 9.38 Å². The van der Waals surface area contributed by atoms with Crippen LogP contribution in [0.15, 0.2) is 27.7 Å². The molecule has 0 saturated heterocycles. The molecule has 0 atom stereocenters. The van der Waals surface area contributed by atoms with Gasteiger partial charge in [0.1, 0.15) is 5.82 Å². The molecular weight excluding hydrogens is 490 g/mol. The van der Waals surface area contributed by atoms with Gasteiger partial charge in [-0.05, 0) is 43.5 Å². The van der Waals surface area contributed by atoms with E-state index in [0.717, 1.165) is 24.9 Å². The lowest BCUT2D eigenvalue weighted by molar-refractivity contribution is -0.122. The van der Waals surface area contributed by atoms with Gasteiger partial charge in [0.05, 0.1) is 6.54 Å². The van der Waals surface area contributed by atoms with E-state index in [0.29, 0.717) is 30.1 Å². The summed E-state index contributed by atoms with van der Waals surface area (Å²) < 4.78 is 14.0. The third kappa shape index (κ3) is 7.78. The van der Waals surface area contributed by atoms with Crippen LogP contribution in [0.25, 0.3) is 0 Å². The summed E-state index contributed by atoms with van der Waals surface area (Å²) in [7, 11) is 0. The van der Waals surface area contributed by atoms with Gasteiger partial charge in [0.2, 0.25) is 5.91 Å². The maximum atomic E-state index is 13.3. The zero-order valence-corrected chi connectivity index (χ0v) is 17.5. The van der Waals surface area contributed by atoms with Crippen LogP contribution >= 0.6 is 39.9 Å². The Morgan fingerprint density at radius 1 is 1.25 bits per heavy atom. The van der Waals surface area contributed by atoms with E-state index in [-0.39, 0.29) is 41.6 Å². The molecule has 0 aliphatic heterocycles. The molecule has 3 N–H and O–H groups in total. The number of aliphatic imine (C=N–C) groups is 1. The Hall–Kier alpha value is -0.900. The van der Waals surface area contributed by atoms with Crippen molar-refractivity contribution in [1.29, 1.82) is 0 Å². The second kappa shape index (κ2) is 10.9. The van der Waals surface area contributed by atoms with E-state index in [2.05, 4.69) is 36.9 Å². The van der Waals surface area contributed by atoms with Crippen molar-refractivity contribution in [3.05, 3.63) is 34.1 Å². The van der Waals surface area contributed by atoms with Crippen molar-refractivity contribution in [3.63, 3.8) is 0 Å². The van der Waals surface area contributed by atoms with Crippen LogP contribution in [0.2, 0.25) is 0 Å². The van der Waals surface area contributed by atoms with Gasteiger partial charge in [-0.15, -0.1) is 24.0 Å². The fraction of sp³-hybridized carbons (Fsp3) is 0.500. The molecule has 2 rings (SSSR count). The van der Waals surface area contributed by atoms with Gasteiger partial charge in [-0.3, -0.25) is 4.79 Å². The second-order valence-electron chi connectivity index (χ2n) is 5.46. The fourth-order valence-corrected chi connectivity index (χ4v) is 2.58. The number of hydrogen-bond donors (Lipinski definition) is 3. The van der Waals surface area contributed by atoms with Gasteiger partial charge in [-0.1, -0.05) is 15.9 Å². The number of benzene rings is 1. The van der Waals surface area contributed by atoms with Crippen LogP contribution in [-0.2, 0) is 11.3 Å². The minimum Gasteiger partial charge on any atom is -0.357 e. The summed E-state index contributed by atoms with van der Waals surface area (Å²) in [4.78, 5) is 15.9. The third-order valence-electron chi connectivity index (χ3n) is 3.35. The van der Waals surface area contributed by atoms with Crippen molar-refractivity contribution in [2.45, 2.75) is 26.3 Å². The van der Waals surface area contributed by atoms with Crippen LogP contribution < -0.4 is 16.0 Å². The zero-order valence-electron chi connectivity index (χ0n) is 13.6. The van der Waals surface area contributed by atoms with E-state index < -0.39 is 0 Å². The number of nitrogens with zero attached hydrogens (tertiary/aromatic N) is 1. The molecule has 0 heterocycles. The van der Waals surface area contributed by atoms with Crippen molar-refractivity contribution < 1.29 is 9.18 Å². The number of nitrogens with one attached hydrogen (secondary N) is 3. The normalized spacial score (nSPS) is 13.9. The highest BCUT2D eigenvalue weighted by molar-refractivity contribution is 14.0. The lowest BCUT2D eigenvalue weighted by atomic mass is 10.2. The lowest BCUT2D eigenvalue weighted by Crippen LogP contribution is -2.41. The van der Waals surface area contributed by atoms with Crippen LogP contribution in [0, 0.1) is 11.7 Å². The molecule has 1 amide bonds. The molecule has 1 fully saturated rings. The Labute approximate surface area is 167 Å². The highest BCUT2D eigenvalue weighted by Crippen LogP contribution is 2.28. The maximum Gasteiger partial charge on any atom is 0.223 e. The molecule has 1 aromatic rings. The van der Waals surface area contributed by atoms with E-state index in [1.165, 1.54) is 12.1 Å². The van der Waals surface area contributed by atoms with Gasteiger partial charge in [0.25, 0.3) is 0 Å². The molecular formula is C16H23BrFIN4O. The first-order valence-electron chi connectivity index (χ1n) is 7.83. The summed E-state index contributed by atoms with van der Waals surface area (Å²) in [6.45, 7) is 4.24. The summed E-state index contributed by atoms with van der Waals surface area (Å²) in [5, 5.41) is 9.17. The zero-order chi connectivity index (χ0) is 16.7. The molecule has 0 radical (unpaired) electrons. The van der Waals surface area contributed by atoms with Gasteiger partial charge in [-0.2, -0.15) is 0 Å². The average Bonchev–Trinajstić information content (AvgIpc) is 3.32. The van der Waals surface area contributed by atoms with Crippen molar-refractivity contribution in [1.82, 2.24) is 16.0 Å². The number of carbonyl (C=O) groups is 1. The highest BCUT2D eigenvalue weighted by Gasteiger charge is 2.28. The number of halogens is 3. The predicted octanol–water partition coefficient (Wildman–Crippen LogP) is 2.79. The lowest BCUT2D eigenvalue weighted by Gasteiger charge is -2.12. The first kappa shape index (κ1) is 21.1. The number of hydrogen-bond acceptors (Lipinski definition) is 2. The number of rotatable bonds is 7. The molecule has 1 aliphatic rings. The molecule has 1 aromatic carbocycles. The number of carbonyl (C=O) groups excluding carboxylic acids is 1. The van der Waals surface area contributed by atoms with Gasteiger partial charge in [0, 0.05) is 30.0 Å². The third-order valence-corrected chi connectivity index (χ3v) is 3.81. The van der Waals surface area contributed by atoms with Crippen LogP contribution in [-0.4, -0.2) is 31.5 Å². The second-order valence-corrected chi connectivity index (χ2v) is 6.38. The molecule has 24 heavy (non-hydrogen) atoms. The summed E-state index contributed by atoms with van der Waals surface area (Å²) in [6, 6.07) is 4.72.